The van der Waals surface area contributed by atoms with Crippen LogP contribution in [-0.4, -0.2) is 67.2 Å². The molecule has 10 nitrogen and oxygen atoms in total. The summed E-state index contributed by atoms with van der Waals surface area (Å²) in [5.41, 5.74) is 0.607. The predicted molar refractivity (Wildman–Crippen MR) is 118 cm³/mol. The van der Waals surface area contributed by atoms with Gasteiger partial charge in [0, 0.05) is 55.5 Å². The summed E-state index contributed by atoms with van der Waals surface area (Å²) in [6, 6.07) is 5.55. The van der Waals surface area contributed by atoms with Gasteiger partial charge in [0.05, 0.1) is 11.3 Å². The number of non-ortho nitro benzene ring substituents is 1. The third-order valence-electron chi connectivity index (χ3n) is 6.03. The molecule has 0 N–H and O–H groups in total. The number of amides is 2. The first-order valence-electron chi connectivity index (χ1n) is 10.5. The van der Waals surface area contributed by atoms with Gasteiger partial charge in [-0.25, -0.2) is 9.78 Å². The molecule has 0 aliphatic carbocycles. The zero-order valence-corrected chi connectivity index (χ0v) is 18.3. The summed E-state index contributed by atoms with van der Waals surface area (Å²) in [5, 5.41) is 10.7. The third kappa shape index (κ3) is 4.87. The molecule has 1 aromatic carbocycles. The number of rotatable bonds is 5. The number of ether oxygens (including phenoxy) is 1. The van der Waals surface area contributed by atoms with E-state index in [4.69, 9.17) is 4.74 Å². The molecule has 2 unspecified atom stereocenters. The lowest BCUT2D eigenvalue weighted by molar-refractivity contribution is -0.384. The number of aromatic nitrogens is 2. The first-order valence-corrected chi connectivity index (χ1v) is 11.0. The number of piperidine rings is 1. The van der Waals surface area contributed by atoms with Crippen molar-refractivity contribution in [1.82, 2.24) is 19.4 Å². The molecule has 2 atom stereocenters. The van der Waals surface area contributed by atoms with Gasteiger partial charge in [0.25, 0.3) is 5.69 Å². The van der Waals surface area contributed by atoms with Crippen LogP contribution in [0.3, 0.4) is 0 Å². The lowest BCUT2D eigenvalue weighted by Gasteiger charge is -2.35. The van der Waals surface area contributed by atoms with Crippen molar-refractivity contribution < 1.29 is 19.2 Å². The van der Waals surface area contributed by atoms with Gasteiger partial charge in [-0.3, -0.25) is 19.8 Å². The van der Waals surface area contributed by atoms with Crippen molar-refractivity contribution in [2.75, 3.05) is 19.6 Å². The number of hydrogen-bond acceptors (Lipinski definition) is 7. The van der Waals surface area contributed by atoms with E-state index in [1.54, 1.807) is 24.7 Å². The first kappa shape index (κ1) is 22.1. The maximum absolute atomic E-state index is 13.2. The summed E-state index contributed by atoms with van der Waals surface area (Å²) in [5.74, 6) is -0.0714. The zero-order chi connectivity index (χ0) is 22.7. The molecule has 170 valence electrons. The highest BCUT2D eigenvalue weighted by molar-refractivity contribution is 7.81. The molecule has 3 heterocycles. The Kier molecular flexibility index (Phi) is 6.63. The van der Waals surface area contributed by atoms with Crippen molar-refractivity contribution in [2.24, 2.45) is 0 Å². The SMILES string of the molecule is O=C(C1CC(S)CN1C(=O)OCc1ccc([N+](=O)[O-])cc1)N1CCC(n2ccnc2)CC1. The highest BCUT2D eigenvalue weighted by atomic mass is 32.1. The zero-order valence-electron chi connectivity index (χ0n) is 17.4. The van der Waals surface area contributed by atoms with Crippen molar-refractivity contribution >= 4 is 30.3 Å². The monoisotopic (exact) mass is 459 g/mol. The van der Waals surface area contributed by atoms with E-state index in [2.05, 4.69) is 22.2 Å². The van der Waals surface area contributed by atoms with Crippen molar-refractivity contribution in [1.29, 1.82) is 0 Å². The smallest absolute Gasteiger partial charge is 0.410 e. The molecule has 2 saturated heterocycles. The molecule has 2 aliphatic rings. The number of nitro benzene ring substituents is 1. The number of hydrogen-bond donors (Lipinski definition) is 1. The maximum Gasteiger partial charge on any atom is 0.410 e. The Morgan fingerprint density at radius 3 is 2.56 bits per heavy atom. The van der Waals surface area contributed by atoms with Crippen LogP contribution in [0.2, 0.25) is 0 Å². The second-order valence-electron chi connectivity index (χ2n) is 8.10. The van der Waals surface area contributed by atoms with Crippen LogP contribution in [0.5, 0.6) is 0 Å². The summed E-state index contributed by atoms with van der Waals surface area (Å²) in [6.07, 6.45) is 7.07. The van der Waals surface area contributed by atoms with Crippen molar-refractivity contribution in [3.05, 3.63) is 58.7 Å². The molecular formula is C21H25N5O5S. The van der Waals surface area contributed by atoms with Gasteiger partial charge in [-0.2, -0.15) is 12.6 Å². The molecule has 1 aromatic heterocycles. The van der Waals surface area contributed by atoms with E-state index in [0.717, 1.165) is 12.8 Å². The van der Waals surface area contributed by atoms with Crippen LogP contribution in [-0.2, 0) is 16.1 Å². The Morgan fingerprint density at radius 2 is 1.94 bits per heavy atom. The van der Waals surface area contributed by atoms with Crippen LogP contribution in [0.1, 0.15) is 30.9 Å². The van der Waals surface area contributed by atoms with Gasteiger partial charge in [-0.05, 0) is 37.0 Å². The average molecular weight is 460 g/mol. The first-order chi connectivity index (χ1) is 15.4. The molecule has 0 spiro atoms. The van der Waals surface area contributed by atoms with Crippen LogP contribution in [0.15, 0.2) is 43.0 Å². The molecule has 2 aliphatic heterocycles. The van der Waals surface area contributed by atoms with Crippen LogP contribution in [0, 0.1) is 10.1 Å². The molecule has 11 heteroatoms. The number of carbonyl (C=O) groups is 2. The van der Waals surface area contributed by atoms with E-state index >= 15 is 0 Å². The number of carbonyl (C=O) groups excluding carboxylic acids is 2. The standard InChI is InChI=1S/C21H25N5O5S/c27-20(23-8-5-16(6-9-23)24-10-7-22-14-24)19-11-18(32)12-25(19)21(28)31-13-15-1-3-17(4-2-15)26(29)30/h1-4,7,10,14,16,18-19,32H,5-6,8-9,11-13H2. The van der Waals surface area contributed by atoms with Crippen LogP contribution in [0.25, 0.3) is 0 Å². The molecule has 32 heavy (non-hydrogen) atoms. The molecule has 2 amide bonds. The van der Waals surface area contributed by atoms with E-state index in [-0.39, 0.29) is 23.5 Å². The molecule has 4 rings (SSSR count). The topological polar surface area (TPSA) is 111 Å². The third-order valence-corrected chi connectivity index (χ3v) is 6.40. The second kappa shape index (κ2) is 9.60. The Bertz CT molecular complexity index is 959. The van der Waals surface area contributed by atoms with Gasteiger partial charge >= 0.3 is 6.09 Å². The number of nitro groups is 1. The fraction of sp³-hybridized carbons (Fsp3) is 0.476. The molecule has 0 radical (unpaired) electrons. The summed E-state index contributed by atoms with van der Waals surface area (Å²) in [6.45, 7) is 1.56. The Hall–Kier alpha value is -3.08. The molecule has 0 saturated carbocycles. The van der Waals surface area contributed by atoms with E-state index in [0.29, 0.717) is 37.7 Å². The largest absolute Gasteiger partial charge is 0.445 e. The van der Waals surface area contributed by atoms with Gasteiger partial charge in [0.2, 0.25) is 5.91 Å². The highest BCUT2D eigenvalue weighted by Crippen LogP contribution is 2.28. The summed E-state index contributed by atoms with van der Waals surface area (Å²) >= 11 is 4.49. The van der Waals surface area contributed by atoms with Crippen molar-refractivity contribution in [3.8, 4) is 0 Å². The normalized spacial score (nSPS) is 21.5. The van der Waals surface area contributed by atoms with Gasteiger partial charge in [0.1, 0.15) is 12.6 Å². The van der Waals surface area contributed by atoms with Crippen LogP contribution < -0.4 is 0 Å². The van der Waals surface area contributed by atoms with Gasteiger partial charge < -0.3 is 14.2 Å². The average Bonchev–Trinajstić information content (AvgIpc) is 3.47. The summed E-state index contributed by atoms with van der Waals surface area (Å²) < 4.78 is 7.47. The number of nitrogens with zero attached hydrogens (tertiary/aromatic N) is 5. The number of likely N-dealkylation sites (tertiary alicyclic amines) is 2. The minimum Gasteiger partial charge on any atom is -0.445 e. The van der Waals surface area contributed by atoms with E-state index < -0.39 is 17.1 Å². The summed E-state index contributed by atoms with van der Waals surface area (Å²) in [7, 11) is 0. The lowest BCUT2D eigenvalue weighted by Crippen LogP contribution is -2.50. The Morgan fingerprint density at radius 1 is 1.22 bits per heavy atom. The minimum atomic E-state index is -0.591. The van der Waals surface area contributed by atoms with Crippen molar-refractivity contribution in [2.45, 2.75) is 43.2 Å². The number of thiol groups is 1. The minimum absolute atomic E-state index is 0.0260. The maximum atomic E-state index is 13.2. The van der Waals surface area contributed by atoms with Crippen LogP contribution >= 0.6 is 12.6 Å². The number of benzene rings is 1. The Labute approximate surface area is 190 Å². The fourth-order valence-electron chi connectivity index (χ4n) is 4.27. The fourth-order valence-corrected chi connectivity index (χ4v) is 4.65. The molecular weight excluding hydrogens is 434 g/mol. The molecule has 0 bridgehead atoms. The van der Waals surface area contributed by atoms with Gasteiger partial charge in [-0.15, -0.1) is 0 Å². The lowest BCUT2D eigenvalue weighted by atomic mass is 10.0. The van der Waals surface area contributed by atoms with E-state index in [1.807, 2.05) is 11.1 Å². The summed E-state index contributed by atoms with van der Waals surface area (Å²) in [4.78, 5) is 43.5. The Balaban J connectivity index is 1.33. The highest BCUT2D eigenvalue weighted by Gasteiger charge is 2.41. The van der Waals surface area contributed by atoms with Crippen LogP contribution in [0.4, 0.5) is 10.5 Å². The van der Waals surface area contributed by atoms with Gasteiger partial charge in [-0.1, -0.05) is 0 Å². The molecule has 2 aromatic rings. The van der Waals surface area contributed by atoms with Gasteiger partial charge in [0.15, 0.2) is 0 Å². The van der Waals surface area contributed by atoms with Crippen molar-refractivity contribution in [3.63, 3.8) is 0 Å². The second-order valence-corrected chi connectivity index (χ2v) is 8.83. The predicted octanol–water partition coefficient (Wildman–Crippen LogP) is 2.66. The van der Waals surface area contributed by atoms with E-state index in [9.17, 15) is 19.7 Å². The quantitative estimate of drug-likeness (QED) is 0.418. The molecule has 2 fully saturated rings. The number of imidazole rings is 1. The van der Waals surface area contributed by atoms with E-state index in [1.165, 1.54) is 17.0 Å².